The molecule has 2 aromatic rings. The van der Waals surface area contributed by atoms with E-state index in [-0.39, 0.29) is 37.3 Å². The van der Waals surface area contributed by atoms with Gasteiger partial charge in [-0.25, -0.2) is 4.79 Å². The highest BCUT2D eigenvalue weighted by molar-refractivity contribution is 5.79. The largest absolute Gasteiger partial charge is 0.481 e. The van der Waals surface area contributed by atoms with Crippen molar-refractivity contribution in [3.63, 3.8) is 0 Å². The van der Waals surface area contributed by atoms with Crippen molar-refractivity contribution in [2.45, 2.75) is 51.1 Å². The molecule has 7 heteroatoms. The molecule has 0 fully saturated rings. The molecule has 3 N–H and O–H groups in total. The fourth-order valence-electron chi connectivity index (χ4n) is 3.92. The van der Waals surface area contributed by atoms with Crippen LogP contribution < -0.4 is 10.6 Å². The van der Waals surface area contributed by atoms with Crippen molar-refractivity contribution in [1.29, 1.82) is 0 Å². The predicted octanol–water partition coefficient (Wildman–Crippen LogP) is 3.67. The number of rotatable bonds is 9. The number of nitrogens with one attached hydrogen (secondary N) is 2. The molecule has 7 nitrogen and oxygen atoms in total. The molecule has 0 aliphatic heterocycles. The van der Waals surface area contributed by atoms with Gasteiger partial charge in [-0.3, -0.25) is 9.59 Å². The fraction of sp³-hybridized carbons (Fsp3) is 0.375. The number of carboxylic acids is 1. The lowest BCUT2D eigenvalue weighted by Gasteiger charge is -2.17. The molecule has 0 saturated carbocycles. The molecule has 1 aliphatic rings. The van der Waals surface area contributed by atoms with Crippen LogP contribution in [0.15, 0.2) is 48.5 Å². The van der Waals surface area contributed by atoms with Crippen molar-refractivity contribution in [1.82, 2.24) is 10.6 Å². The van der Waals surface area contributed by atoms with Gasteiger partial charge in [0.1, 0.15) is 6.61 Å². The van der Waals surface area contributed by atoms with Gasteiger partial charge in [0.25, 0.3) is 0 Å². The zero-order chi connectivity index (χ0) is 22.4. The van der Waals surface area contributed by atoms with Crippen LogP contribution in [-0.2, 0) is 14.3 Å². The first kappa shape index (κ1) is 22.3. The molecule has 0 radical (unpaired) electrons. The summed E-state index contributed by atoms with van der Waals surface area (Å²) in [6.07, 6.45) is -0.0295. The van der Waals surface area contributed by atoms with E-state index in [1.165, 1.54) is 11.1 Å². The van der Waals surface area contributed by atoms with Crippen molar-refractivity contribution < 1.29 is 24.2 Å². The van der Waals surface area contributed by atoms with Crippen LogP contribution in [-0.4, -0.2) is 41.8 Å². The number of ether oxygens (including phenoxy) is 1. The maximum absolute atomic E-state index is 12.3. The fourth-order valence-corrected chi connectivity index (χ4v) is 3.92. The topological polar surface area (TPSA) is 105 Å². The minimum absolute atomic E-state index is 0.00467. The lowest BCUT2D eigenvalue weighted by Crippen LogP contribution is -2.37. The van der Waals surface area contributed by atoms with Gasteiger partial charge in [-0.05, 0) is 42.5 Å². The van der Waals surface area contributed by atoms with Crippen LogP contribution in [0.1, 0.15) is 50.2 Å². The second kappa shape index (κ2) is 10.1. The molecular weight excluding hydrogens is 396 g/mol. The number of carbonyl (C=O) groups excluding carboxylic acids is 2. The Labute approximate surface area is 181 Å². The maximum Gasteiger partial charge on any atom is 0.407 e. The molecule has 2 unspecified atom stereocenters. The summed E-state index contributed by atoms with van der Waals surface area (Å²) in [5, 5.41) is 14.1. The monoisotopic (exact) mass is 424 g/mol. The Hall–Kier alpha value is -3.35. The normalized spacial score (nSPS) is 14.1. The standard InChI is InChI=1S/C24H28N2O5/c1-15(11-12-22(27)25-16(2)13-23(28)29)26-24(30)31-14-21-19-9-5-3-7-17(19)18-8-4-6-10-20(18)21/h3-10,15-16,21H,11-14H2,1-2H3,(H,25,27)(H,26,30)(H,28,29). The predicted molar refractivity (Wildman–Crippen MR) is 117 cm³/mol. The first-order valence-corrected chi connectivity index (χ1v) is 10.5. The maximum atomic E-state index is 12.3. The lowest BCUT2D eigenvalue weighted by molar-refractivity contribution is -0.137. The third-order valence-electron chi connectivity index (χ3n) is 5.40. The summed E-state index contributed by atoms with van der Waals surface area (Å²) in [5.41, 5.74) is 4.64. The Bertz CT molecular complexity index is 913. The number of carbonyl (C=O) groups is 3. The van der Waals surface area contributed by atoms with Crippen LogP contribution in [0.3, 0.4) is 0 Å². The lowest BCUT2D eigenvalue weighted by atomic mass is 9.98. The van der Waals surface area contributed by atoms with Crippen LogP contribution in [0.2, 0.25) is 0 Å². The number of alkyl carbamates (subject to hydrolysis) is 1. The number of carboxylic acid groups (broad SMARTS) is 1. The molecule has 0 bridgehead atoms. The van der Waals surface area contributed by atoms with Gasteiger partial charge < -0.3 is 20.5 Å². The summed E-state index contributed by atoms with van der Waals surface area (Å²) in [6, 6.07) is 15.6. The van der Waals surface area contributed by atoms with Gasteiger partial charge in [-0.2, -0.15) is 0 Å². The average molecular weight is 424 g/mol. The van der Waals surface area contributed by atoms with Crippen LogP contribution in [0.25, 0.3) is 11.1 Å². The molecule has 31 heavy (non-hydrogen) atoms. The van der Waals surface area contributed by atoms with E-state index in [4.69, 9.17) is 9.84 Å². The quantitative estimate of drug-likeness (QED) is 0.570. The van der Waals surface area contributed by atoms with E-state index < -0.39 is 18.1 Å². The van der Waals surface area contributed by atoms with Gasteiger partial charge in [0, 0.05) is 24.4 Å². The second-order valence-corrected chi connectivity index (χ2v) is 7.98. The molecule has 3 rings (SSSR count). The number of hydrogen-bond donors (Lipinski definition) is 3. The molecule has 2 amide bonds. The third kappa shape index (κ3) is 5.84. The van der Waals surface area contributed by atoms with E-state index in [1.807, 2.05) is 24.3 Å². The van der Waals surface area contributed by atoms with E-state index in [0.717, 1.165) is 11.1 Å². The van der Waals surface area contributed by atoms with E-state index in [2.05, 4.69) is 34.9 Å². The first-order valence-electron chi connectivity index (χ1n) is 10.5. The van der Waals surface area contributed by atoms with Crippen molar-refractivity contribution in [3.8, 4) is 11.1 Å². The first-order chi connectivity index (χ1) is 14.8. The summed E-state index contributed by atoms with van der Waals surface area (Å²) < 4.78 is 5.51. The van der Waals surface area contributed by atoms with Gasteiger partial charge >= 0.3 is 12.1 Å². The Balaban J connectivity index is 1.46. The highest BCUT2D eigenvalue weighted by atomic mass is 16.5. The van der Waals surface area contributed by atoms with Crippen LogP contribution in [0.4, 0.5) is 4.79 Å². The molecule has 2 atom stereocenters. The molecular formula is C24H28N2O5. The van der Waals surface area contributed by atoms with Crippen LogP contribution >= 0.6 is 0 Å². The van der Waals surface area contributed by atoms with Gasteiger partial charge in [0.05, 0.1) is 6.42 Å². The Morgan fingerprint density at radius 2 is 1.52 bits per heavy atom. The summed E-state index contributed by atoms with van der Waals surface area (Å²) >= 11 is 0. The summed E-state index contributed by atoms with van der Waals surface area (Å²) in [7, 11) is 0. The van der Waals surface area contributed by atoms with Crippen molar-refractivity contribution in [2.75, 3.05) is 6.61 Å². The minimum atomic E-state index is -0.960. The highest BCUT2D eigenvalue weighted by Gasteiger charge is 2.29. The smallest absolute Gasteiger partial charge is 0.407 e. The second-order valence-electron chi connectivity index (χ2n) is 7.98. The summed E-state index contributed by atoms with van der Waals surface area (Å²) in [5.74, 6) is -1.21. The van der Waals surface area contributed by atoms with Gasteiger partial charge in [-0.1, -0.05) is 48.5 Å². The SMILES string of the molecule is CC(CC(=O)O)NC(=O)CCC(C)NC(=O)OCC1c2ccccc2-c2ccccc21. The zero-order valence-electron chi connectivity index (χ0n) is 17.8. The Kier molecular flexibility index (Phi) is 7.28. The molecule has 0 aromatic heterocycles. The summed E-state index contributed by atoms with van der Waals surface area (Å²) in [4.78, 5) is 34.8. The van der Waals surface area contributed by atoms with Gasteiger partial charge in [0.15, 0.2) is 0 Å². The van der Waals surface area contributed by atoms with Crippen LogP contribution in [0.5, 0.6) is 0 Å². The number of hydrogen-bond acceptors (Lipinski definition) is 4. The van der Waals surface area contributed by atoms with Crippen molar-refractivity contribution in [3.05, 3.63) is 59.7 Å². The average Bonchev–Trinajstić information content (AvgIpc) is 3.04. The molecule has 164 valence electrons. The molecule has 1 aliphatic carbocycles. The summed E-state index contributed by atoms with van der Waals surface area (Å²) in [6.45, 7) is 3.68. The molecule has 0 spiro atoms. The molecule has 2 aromatic carbocycles. The minimum Gasteiger partial charge on any atom is -0.481 e. The van der Waals surface area contributed by atoms with Crippen LogP contribution in [0, 0.1) is 0 Å². The third-order valence-corrected chi connectivity index (χ3v) is 5.40. The molecule has 0 heterocycles. The number of benzene rings is 2. The number of fused-ring (bicyclic) bond motifs is 3. The zero-order valence-corrected chi connectivity index (χ0v) is 17.8. The van der Waals surface area contributed by atoms with Gasteiger partial charge in [-0.15, -0.1) is 0 Å². The van der Waals surface area contributed by atoms with E-state index in [9.17, 15) is 14.4 Å². The van der Waals surface area contributed by atoms with Crippen molar-refractivity contribution in [2.24, 2.45) is 0 Å². The van der Waals surface area contributed by atoms with E-state index in [1.54, 1.807) is 13.8 Å². The van der Waals surface area contributed by atoms with E-state index >= 15 is 0 Å². The number of amides is 2. The Morgan fingerprint density at radius 3 is 2.10 bits per heavy atom. The van der Waals surface area contributed by atoms with Crippen molar-refractivity contribution >= 4 is 18.0 Å². The number of aliphatic carboxylic acids is 1. The highest BCUT2D eigenvalue weighted by Crippen LogP contribution is 2.44. The molecule has 0 saturated heterocycles. The van der Waals surface area contributed by atoms with E-state index in [0.29, 0.717) is 6.42 Å². The Morgan fingerprint density at radius 1 is 0.935 bits per heavy atom. The van der Waals surface area contributed by atoms with Gasteiger partial charge in [0.2, 0.25) is 5.91 Å².